The highest BCUT2D eigenvalue weighted by atomic mass is 127. The Balaban J connectivity index is 2.45. The number of hydrogen-bond acceptors (Lipinski definition) is 3. The van der Waals surface area contributed by atoms with Crippen molar-refractivity contribution in [2.45, 2.75) is 19.4 Å². The van der Waals surface area contributed by atoms with Crippen molar-refractivity contribution >= 4 is 33.9 Å². The standard InChI is InChI=1S/C10H16INOS/c1-3-4-13-6-9(12-2)8-5-10(11)14-7-8/h5,7,9,12H,3-4,6H2,1-2H3. The molecule has 0 aliphatic carbocycles. The average molecular weight is 325 g/mol. The number of thiophene rings is 1. The van der Waals surface area contributed by atoms with Crippen LogP contribution in [0.4, 0.5) is 0 Å². The van der Waals surface area contributed by atoms with E-state index in [4.69, 9.17) is 4.74 Å². The van der Waals surface area contributed by atoms with E-state index in [1.54, 1.807) is 11.3 Å². The molecule has 0 amide bonds. The van der Waals surface area contributed by atoms with Crippen molar-refractivity contribution in [1.29, 1.82) is 0 Å². The van der Waals surface area contributed by atoms with Crippen molar-refractivity contribution in [2.24, 2.45) is 0 Å². The van der Waals surface area contributed by atoms with Crippen molar-refractivity contribution in [3.63, 3.8) is 0 Å². The highest BCUT2D eigenvalue weighted by Gasteiger charge is 2.10. The van der Waals surface area contributed by atoms with Gasteiger partial charge in [0.15, 0.2) is 0 Å². The Morgan fingerprint density at radius 1 is 1.64 bits per heavy atom. The minimum absolute atomic E-state index is 0.335. The van der Waals surface area contributed by atoms with Gasteiger partial charge in [0.05, 0.1) is 15.5 Å². The summed E-state index contributed by atoms with van der Waals surface area (Å²) in [5.74, 6) is 0. The average Bonchev–Trinajstić information content (AvgIpc) is 2.60. The fraction of sp³-hybridized carbons (Fsp3) is 0.600. The lowest BCUT2D eigenvalue weighted by molar-refractivity contribution is 0.114. The fourth-order valence-corrected chi connectivity index (χ4v) is 2.62. The summed E-state index contributed by atoms with van der Waals surface area (Å²) < 4.78 is 6.87. The molecule has 80 valence electrons. The van der Waals surface area contributed by atoms with E-state index in [0.717, 1.165) is 19.6 Å². The van der Waals surface area contributed by atoms with Gasteiger partial charge in [-0.3, -0.25) is 0 Å². The number of likely N-dealkylation sites (N-methyl/N-ethyl adjacent to an activating group) is 1. The van der Waals surface area contributed by atoms with E-state index in [0.29, 0.717) is 6.04 Å². The lowest BCUT2D eigenvalue weighted by Gasteiger charge is -2.14. The molecule has 2 nitrogen and oxygen atoms in total. The molecule has 1 heterocycles. The first-order chi connectivity index (χ1) is 6.77. The van der Waals surface area contributed by atoms with Crippen LogP contribution in [0.15, 0.2) is 11.4 Å². The number of nitrogens with one attached hydrogen (secondary N) is 1. The molecule has 0 saturated heterocycles. The Hall–Kier alpha value is 0.350. The molecule has 0 bridgehead atoms. The van der Waals surface area contributed by atoms with Crippen molar-refractivity contribution < 1.29 is 4.74 Å². The van der Waals surface area contributed by atoms with Gasteiger partial charge in [-0.25, -0.2) is 0 Å². The van der Waals surface area contributed by atoms with Gasteiger partial charge in [-0.2, -0.15) is 0 Å². The molecule has 1 aromatic rings. The summed E-state index contributed by atoms with van der Waals surface area (Å²) >= 11 is 4.12. The maximum atomic E-state index is 5.54. The summed E-state index contributed by atoms with van der Waals surface area (Å²) in [4.78, 5) is 0. The van der Waals surface area contributed by atoms with Gasteiger partial charge in [0.2, 0.25) is 0 Å². The molecule has 1 atom stereocenters. The number of rotatable bonds is 6. The molecular formula is C10H16INOS. The Morgan fingerprint density at radius 2 is 2.43 bits per heavy atom. The highest BCUT2D eigenvalue weighted by molar-refractivity contribution is 14.1. The molecule has 0 spiro atoms. The Labute approximate surface area is 103 Å². The third-order valence-corrected chi connectivity index (χ3v) is 3.78. The monoisotopic (exact) mass is 325 g/mol. The van der Waals surface area contributed by atoms with E-state index >= 15 is 0 Å². The molecule has 1 rings (SSSR count). The first kappa shape index (κ1) is 12.4. The molecule has 1 N–H and O–H groups in total. The SMILES string of the molecule is CCCOCC(NC)c1csc(I)c1. The van der Waals surface area contributed by atoms with Gasteiger partial charge in [-0.1, -0.05) is 6.92 Å². The quantitative estimate of drug-likeness (QED) is 0.641. The Morgan fingerprint density at radius 3 is 2.93 bits per heavy atom. The summed E-state index contributed by atoms with van der Waals surface area (Å²) in [6.07, 6.45) is 1.08. The minimum atomic E-state index is 0.335. The van der Waals surface area contributed by atoms with Crippen LogP contribution in [-0.4, -0.2) is 20.3 Å². The Kier molecular flexibility index (Phi) is 6.00. The first-order valence-corrected chi connectivity index (χ1v) is 6.72. The molecule has 0 aliphatic heterocycles. The largest absolute Gasteiger partial charge is 0.379 e. The van der Waals surface area contributed by atoms with Crippen molar-refractivity contribution in [3.8, 4) is 0 Å². The maximum Gasteiger partial charge on any atom is 0.0661 e. The van der Waals surface area contributed by atoms with E-state index < -0.39 is 0 Å². The van der Waals surface area contributed by atoms with Gasteiger partial charge in [0.25, 0.3) is 0 Å². The summed E-state index contributed by atoms with van der Waals surface area (Å²) in [6, 6.07) is 2.54. The minimum Gasteiger partial charge on any atom is -0.379 e. The maximum absolute atomic E-state index is 5.54. The summed E-state index contributed by atoms with van der Waals surface area (Å²) in [6.45, 7) is 3.73. The zero-order valence-electron chi connectivity index (χ0n) is 8.55. The lowest BCUT2D eigenvalue weighted by Crippen LogP contribution is -2.21. The fourth-order valence-electron chi connectivity index (χ4n) is 1.20. The number of ether oxygens (including phenoxy) is 1. The van der Waals surface area contributed by atoms with Crippen LogP contribution in [0.3, 0.4) is 0 Å². The zero-order valence-corrected chi connectivity index (χ0v) is 11.5. The van der Waals surface area contributed by atoms with Crippen LogP contribution < -0.4 is 5.32 Å². The highest BCUT2D eigenvalue weighted by Crippen LogP contribution is 2.22. The van der Waals surface area contributed by atoms with E-state index in [1.165, 1.54) is 8.45 Å². The molecule has 0 radical (unpaired) electrons. The molecule has 1 unspecified atom stereocenters. The van der Waals surface area contributed by atoms with Gasteiger partial charge >= 0.3 is 0 Å². The van der Waals surface area contributed by atoms with Crippen molar-refractivity contribution in [3.05, 3.63) is 19.9 Å². The van der Waals surface area contributed by atoms with Crippen LogP contribution in [-0.2, 0) is 4.74 Å². The number of halogens is 1. The molecule has 14 heavy (non-hydrogen) atoms. The topological polar surface area (TPSA) is 21.3 Å². The predicted molar refractivity (Wildman–Crippen MR) is 69.9 cm³/mol. The second-order valence-corrected chi connectivity index (χ2v) is 5.91. The summed E-state index contributed by atoms with van der Waals surface area (Å²) in [5, 5.41) is 5.46. The zero-order chi connectivity index (χ0) is 10.4. The van der Waals surface area contributed by atoms with Crippen LogP contribution >= 0.6 is 33.9 Å². The summed E-state index contributed by atoms with van der Waals surface area (Å²) in [7, 11) is 1.98. The predicted octanol–water partition coefficient (Wildman–Crippen LogP) is 3.04. The van der Waals surface area contributed by atoms with E-state index in [-0.39, 0.29) is 0 Å². The first-order valence-electron chi connectivity index (χ1n) is 4.76. The van der Waals surface area contributed by atoms with Crippen molar-refractivity contribution in [1.82, 2.24) is 5.32 Å². The van der Waals surface area contributed by atoms with Crippen LogP contribution in [0.2, 0.25) is 0 Å². The molecule has 0 aromatic carbocycles. The molecule has 0 fully saturated rings. The third-order valence-electron chi connectivity index (χ3n) is 1.97. The van der Waals surface area contributed by atoms with Crippen LogP contribution in [0.1, 0.15) is 24.9 Å². The van der Waals surface area contributed by atoms with Gasteiger partial charge in [0, 0.05) is 6.61 Å². The van der Waals surface area contributed by atoms with E-state index in [9.17, 15) is 0 Å². The lowest BCUT2D eigenvalue weighted by atomic mass is 10.2. The van der Waals surface area contributed by atoms with Gasteiger partial charge < -0.3 is 10.1 Å². The number of hydrogen-bond donors (Lipinski definition) is 1. The second-order valence-electron chi connectivity index (χ2n) is 3.10. The molecular weight excluding hydrogens is 309 g/mol. The molecule has 0 aliphatic rings. The van der Waals surface area contributed by atoms with E-state index in [1.807, 2.05) is 7.05 Å². The van der Waals surface area contributed by atoms with Gasteiger partial charge in [-0.05, 0) is 53.1 Å². The smallest absolute Gasteiger partial charge is 0.0661 e. The Bertz CT molecular complexity index is 264. The van der Waals surface area contributed by atoms with Gasteiger partial charge in [0.1, 0.15) is 0 Å². The van der Waals surface area contributed by atoms with Crippen LogP contribution in [0.5, 0.6) is 0 Å². The van der Waals surface area contributed by atoms with Crippen LogP contribution in [0, 0.1) is 2.88 Å². The molecule has 1 aromatic heterocycles. The molecule has 0 saturated carbocycles. The normalized spacial score (nSPS) is 13.1. The second kappa shape index (κ2) is 6.76. The van der Waals surface area contributed by atoms with Gasteiger partial charge in [-0.15, -0.1) is 11.3 Å². The van der Waals surface area contributed by atoms with E-state index in [2.05, 4.69) is 46.3 Å². The van der Waals surface area contributed by atoms with Crippen LogP contribution in [0.25, 0.3) is 0 Å². The third kappa shape index (κ3) is 3.84. The molecule has 4 heteroatoms. The summed E-state index contributed by atoms with van der Waals surface area (Å²) in [5.41, 5.74) is 1.33. The van der Waals surface area contributed by atoms with Crippen molar-refractivity contribution in [2.75, 3.05) is 20.3 Å².